The van der Waals surface area contributed by atoms with Crippen LogP contribution in [-0.4, -0.2) is 10.1 Å². The molecule has 3 aromatic rings. The number of halogens is 1. The lowest BCUT2D eigenvalue weighted by Crippen LogP contribution is -1.88. The van der Waals surface area contributed by atoms with E-state index in [4.69, 9.17) is 21.9 Å². The van der Waals surface area contributed by atoms with Crippen LogP contribution in [0.1, 0.15) is 5.56 Å². The predicted molar refractivity (Wildman–Crippen MR) is 79.3 cm³/mol. The highest BCUT2D eigenvalue weighted by Gasteiger charge is 2.17. The van der Waals surface area contributed by atoms with Gasteiger partial charge >= 0.3 is 0 Å². The van der Waals surface area contributed by atoms with Crippen LogP contribution in [0.25, 0.3) is 22.4 Å². The first-order valence-electron chi connectivity index (χ1n) is 6.09. The molecule has 1 aromatic carbocycles. The topological polar surface area (TPSA) is 64.9 Å². The number of benzene rings is 1. The van der Waals surface area contributed by atoms with Crippen LogP contribution in [0.2, 0.25) is 5.02 Å². The fourth-order valence-electron chi connectivity index (χ4n) is 2.09. The molecule has 0 aliphatic carbocycles. The van der Waals surface area contributed by atoms with Gasteiger partial charge in [-0.1, -0.05) is 22.8 Å². The Morgan fingerprint density at radius 2 is 1.85 bits per heavy atom. The van der Waals surface area contributed by atoms with Gasteiger partial charge in [0.2, 0.25) is 5.88 Å². The van der Waals surface area contributed by atoms with Crippen LogP contribution < -0.4 is 5.73 Å². The van der Waals surface area contributed by atoms with E-state index in [0.29, 0.717) is 11.6 Å². The monoisotopic (exact) mass is 285 g/mol. The van der Waals surface area contributed by atoms with Crippen LogP contribution in [0.3, 0.4) is 0 Å². The van der Waals surface area contributed by atoms with Crippen LogP contribution in [0.5, 0.6) is 0 Å². The maximum absolute atomic E-state index is 6.05. The summed E-state index contributed by atoms with van der Waals surface area (Å²) >= 11 is 6.05. The molecular weight excluding hydrogens is 274 g/mol. The number of hydrogen-bond donors (Lipinski definition) is 1. The lowest BCUT2D eigenvalue weighted by Gasteiger charge is -2.04. The fraction of sp³-hybridized carbons (Fsp3) is 0.0667. The third-order valence-electron chi connectivity index (χ3n) is 3.12. The summed E-state index contributed by atoms with van der Waals surface area (Å²) in [6, 6.07) is 9.44. The van der Waals surface area contributed by atoms with Gasteiger partial charge < -0.3 is 10.3 Å². The summed E-state index contributed by atoms with van der Waals surface area (Å²) in [5.41, 5.74) is 10.2. The largest absolute Gasteiger partial charge is 0.367 e. The molecule has 0 bridgehead atoms. The zero-order valence-corrected chi connectivity index (χ0v) is 11.6. The van der Waals surface area contributed by atoms with Crippen LogP contribution in [0.15, 0.2) is 47.2 Å². The van der Waals surface area contributed by atoms with Gasteiger partial charge in [-0.15, -0.1) is 0 Å². The zero-order valence-electron chi connectivity index (χ0n) is 10.8. The highest BCUT2D eigenvalue weighted by Crippen LogP contribution is 2.36. The standard InChI is InChI=1S/C15H12ClN3O/c1-9-8-11(2-3-12(9)16)14-13(15(17)20-19-14)10-4-6-18-7-5-10/h2-8H,17H2,1H3. The van der Waals surface area contributed by atoms with Gasteiger partial charge in [0.15, 0.2) is 0 Å². The van der Waals surface area contributed by atoms with Crippen LogP contribution in [-0.2, 0) is 0 Å². The molecule has 5 heteroatoms. The number of hydrogen-bond acceptors (Lipinski definition) is 4. The zero-order chi connectivity index (χ0) is 14.1. The van der Waals surface area contributed by atoms with E-state index in [9.17, 15) is 0 Å². The first-order chi connectivity index (χ1) is 9.66. The molecule has 2 aromatic heterocycles. The Balaban J connectivity index is 2.18. The lowest BCUT2D eigenvalue weighted by atomic mass is 10.0. The van der Waals surface area contributed by atoms with Crippen LogP contribution in [0, 0.1) is 6.92 Å². The van der Waals surface area contributed by atoms with Crippen LogP contribution in [0.4, 0.5) is 5.88 Å². The van der Waals surface area contributed by atoms with Crippen molar-refractivity contribution in [1.82, 2.24) is 10.1 Å². The summed E-state index contributed by atoms with van der Waals surface area (Å²) in [5, 5.41) is 4.79. The Morgan fingerprint density at radius 3 is 2.55 bits per heavy atom. The van der Waals surface area contributed by atoms with Gasteiger partial charge in [-0.3, -0.25) is 4.98 Å². The summed E-state index contributed by atoms with van der Waals surface area (Å²) in [6.07, 6.45) is 3.41. The molecular formula is C15H12ClN3O. The average molecular weight is 286 g/mol. The molecule has 20 heavy (non-hydrogen) atoms. The average Bonchev–Trinajstić information content (AvgIpc) is 2.85. The molecule has 0 fully saturated rings. The van der Waals surface area contributed by atoms with E-state index in [0.717, 1.165) is 27.3 Å². The maximum atomic E-state index is 6.05. The Morgan fingerprint density at radius 1 is 1.10 bits per heavy atom. The minimum atomic E-state index is 0.291. The van der Waals surface area contributed by atoms with Crippen molar-refractivity contribution in [1.29, 1.82) is 0 Å². The molecule has 0 radical (unpaired) electrons. The second-order valence-electron chi connectivity index (χ2n) is 4.47. The van der Waals surface area contributed by atoms with E-state index in [1.165, 1.54) is 0 Å². The molecule has 0 aliphatic rings. The number of aromatic nitrogens is 2. The van der Waals surface area contributed by atoms with Crippen LogP contribution >= 0.6 is 11.6 Å². The molecule has 2 heterocycles. The van der Waals surface area contributed by atoms with E-state index >= 15 is 0 Å². The Bertz CT molecular complexity index is 753. The molecule has 0 atom stereocenters. The van der Waals surface area contributed by atoms with E-state index < -0.39 is 0 Å². The first-order valence-corrected chi connectivity index (χ1v) is 6.46. The van der Waals surface area contributed by atoms with Crippen molar-refractivity contribution in [2.75, 3.05) is 5.73 Å². The SMILES string of the molecule is Cc1cc(-c2noc(N)c2-c2ccncc2)ccc1Cl. The van der Waals surface area contributed by atoms with E-state index in [1.54, 1.807) is 12.4 Å². The van der Waals surface area contributed by atoms with Crippen molar-refractivity contribution < 1.29 is 4.52 Å². The summed E-state index contributed by atoms with van der Waals surface area (Å²) in [5.74, 6) is 0.291. The number of nitrogen functional groups attached to an aromatic ring is 1. The molecule has 0 saturated heterocycles. The molecule has 0 aliphatic heterocycles. The Hall–Kier alpha value is -2.33. The van der Waals surface area contributed by atoms with Gasteiger partial charge in [0, 0.05) is 23.0 Å². The number of pyridine rings is 1. The fourth-order valence-corrected chi connectivity index (χ4v) is 2.21. The second-order valence-corrected chi connectivity index (χ2v) is 4.88. The minimum absolute atomic E-state index is 0.291. The molecule has 4 nitrogen and oxygen atoms in total. The lowest BCUT2D eigenvalue weighted by molar-refractivity contribution is 0.439. The minimum Gasteiger partial charge on any atom is -0.367 e. The van der Waals surface area contributed by atoms with Gasteiger partial charge in [0.05, 0.1) is 5.56 Å². The highest BCUT2D eigenvalue weighted by atomic mass is 35.5. The molecule has 0 unspecified atom stereocenters. The number of nitrogens with zero attached hydrogens (tertiary/aromatic N) is 2. The molecule has 0 spiro atoms. The summed E-state index contributed by atoms with van der Waals surface area (Å²) in [6.45, 7) is 1.95. The molecule has 2 N–H and O–H groups in total. The van der Waals surface area contributed by atoms with Gasteiger partial charge in [-0.05, 0) is 42.3 Å². The van der Waals surface area contributed by atoms with E-state index in [2.05, 4.69) is 10.1 Å². The summed E-state index contributed by atoms with van der Waals surface area (Å²) in [7, 11) is 0. The number of rotatable bonds is 2. The van der Waals surface area contributed by atoms with Crippen molar-refractivity contribution >= 4 is 17.5 Å². The van der Waals surface area contributed by atoms with Crippen molar-refractivity contribution in [2.24, 2.45) is 0 Å². The number of anilines is 1. The summed E-state index contributed by atoms with van der Waals surface area (Å²) in [4.78, 5) is 4.00. The number of nitrogens with two attached hydrogens (primary N) is 1. The molecule has 3 rings (SSSR count). The van der Waals surface area contributed by atoms with Crippen molar-refractivity contribution in [3.8, 4) is 22.4 Å². The second kappa shape index (κ2) is 4.98. The smallest absolute Gasteiger partial charge is 0.230 e. The molecule has 100 valence electrons. The van der Waals surface area contributed by atoms with E-state index in [-0.39, 0.29) is 0 Å². The Labute approximate surface area is 121 Å². The van der Waals surface area contributed by atoms with Gasteiger partial charge in [-0.25, -0.2) is 0 Å². The first kappa shape index (κ1) is 12.7. The summed E-state index contributed by atoms with van der Waals surface area (Å²) < 4.78 is 5.15. The molecule has 0 saturated carbocycles. The van der Waals surface area contributed by atoms with Crippen molar-refractivity contribution in [3.05, 3.63) is 53.3 Å². The normalized spacial score (nSPS) is 10.7. The highest BCUT2D eigenvalue weighted by molar-refractivity contribution is 6.31. The van der Waals surface area contributed by atoms with Crippen molar-refractivity contribution in [2.45, 2.75) is 6.92 Å². The van der Waals surface area contributed by atoms with Gasteiger partial charge in [-0.2, -0.15) is 0 Å². The van der Waals surface area contributed by atoms with Gasteiger partial charge in [0.25, 0.3) is 0 Å². The van der Waals surface area contributed by atoms with Crippen molar-refractivity contribution in [3.63, 3.8) is 0 Å². The molecule has 0 amide bonds. The third-order valence-corrected chi connectivity index (χ3v) is 3.54. The third kappa shape index (κ3) is 2.14. The van der Waals surface area contributed by atoms with E-state index in [1.807, 2.05) is 37.3 Å². The maximum Gasteiger partial charge on any atom is 0.230 e. The van der Waals surface area contributed by atoms with Gasteiger partial charge in [0.1, 0.15) is 5.69 Å². The predicted octanol–water partition coefficient (Wildman–Crippen LogP) is 3.95. The quantitative estimate of drug-likeness (QED) is 0.774. The number of aryl methyl sites for hydroxylation is 1. The Kier molecular flexibility index (Phi) is 3.16.